The molecule has 0 unspecified atom stereocenters. The molecule has 0 heterocycles. The van der Waals surface area contributed by atoms with Crippen molar-refractivity contribution >= 4 is 0 Å². The standard InChI is InChI=1S/C14H20.C13H15F3O/c1-5-6-12-7-9-13(10-8-12)11-14(2,3)4;1-13(2,3)8-9-4-6-10(7-5-9)17-12(16)11(14)15/h5,7-10H,1,6,11H2,2-4H3;4-7H,8H2,1-3H3. The second-order valence-electron chi connectivity index (χ2n) is 10.1. The average Bonchev–Trinajstić information content (AvgIpc) is 2.63. The lowest BCUT2D eigenvalue weighted by molar-refractivity contribution is 0.241. The van der Waals surface area contributed by atoms with E-state index in [1.807, 2.05) is 6.08 Å². The molecule has 170 valence electrons. The molecule has 0 bridgehead atoms. The molecule has 0 spiro atoms. The second kappa shape index (κ2) is 11.8. The van der Waals surface area contributed by atoms with Gasteiger partial charge in [-0.25, -0.2) is 0 Å². The van der Waals surface area contributed by atoms with Crippen molar-refractivity contribution in [3.8, 4) is 5.75 Å². The van der Waals surface area contributed by atoms with Gasteiger partial charge in [0, 0.05) is 0 Å². The lowest BCUT2D eigenvalue weighted by Crippen LogP contribution is -2.08. The van der Waals surface area contributed by atoms with E-state index in [0.29, 0.717) is 5.41 Å². The second-order valence-corrected chi connectivity index (χ2v) is 10.1. The molecule has 2 aromatic rings. The van der Waals surface area contributed by atoms with E-state index in [9.17, 15) is 13.2 Å². The van der Waals surface area contributed by atoms with Crippen LogP contribution in [0.15, 0.2) is 73.3 Å². The molecule has 1 nitrogen and oxygen atoms in total. The van der Waals surface area contributed by atoms with Crippen molar-refractivity contribution in [2.75, 3.05) is 0 Å². The maximum atomic E-state index is 12.5. The van der Waals surface area contributed by atoms with Crippen LogP contribution in [0.1, 0.15) is 58.2 Å². The van der Waals surface area contributed by atoms with Crippen molar-refractivity contribution in [1.82, 2.24) is 0 Å². The first-order valence-corrected chi connectivity index (χ1v) is 10.5. The highest BCUT2D eigenvalue weighted by Crippen LogP contribution is 2.24. The zero-order valence-electron chi connectivity index (χ0n) is 19.6. The first kappa shape index (κ1) is 26.5. The Balaban J connectivity index is 0.000000316. The van der Waals surface area contributed by atoms with Crippen LogP contribution >= 0.6 is 0 Å². The maximum Gasteiger partial charge on any atom is 0.344 e. The minimum absolute atomic E-state index is 0.0629. The topological polar surface area (TPSA) is 9.23 Å². The fraction of sp³-hybridized carbons (Fsp3) is 0.407. The van der Waals surface area contributed by atoms with Gasteiger partial charge in [-0.3, -0.25) is 0 Å². The van der Waals surface area contributed by atoms with Gasteiger partial charge in [0.1, 0.15) is 5.75 Å². The van der Waals surface area contributed by atoms with Crippen molar-refractivity contribution in [3.05, 3.63) is 90.0 Å². The Morgan fingerprint density at radius 3 is 1.48 bits per heavy atom. The third kappa shape index (κ3) is 12.1. The van der Waals surface area contributed by atoms with Crippen LogP contribution in [0, 0.1) is 10.8 Å². The summed E-state index contributed by atoms with van der Waals surface area (Å²) >= 11 is 0. The molecule has 31 heavy (non-hydrogen) atoms. The van der Waals surface area contributed by atoms with E-state index < -0.39 is 12.1 Å². The number of hydrogen-bond acceptors (Lipinski definition) is 1. The van der Waals surface area contributed by atoms with Gasteiger partial charge < -0.3 is 4.74 Å². The Kier molecular flexibility index (Phi) is 10.1. The highest BCUT2D eigenvalue weighted by molar-refractivity contribution is 5.29. The summed E-state index contributed by atoms with van der Waals surface area (Å²) in [6.07, 6.45) is 2.45. The number of benzene rings is 2. The molecular formula is C27H35F3O. The number of halogens is 3. The smallest absolute Gasteiger partial charge is 0.344 e. The van der Waals surface area contributed by atoms with E-state index >= 15 is 0 Å². The molecule has 0 saturated heterocycles. The average molecular weight is 433 g/mol. The summed E-state index contributed by atoms with van der Waals surface area (Å²) in [6, 6.07) is 13.4. The van der Waals surface area contributed by atoms with E-state index in [1.165, 1.54) is 23.3 Å². The van der Waals surface area contributed by atoms with Crippen molar-refractivity contribution in [1.29, 1.82) is 0 Å². The normalized spacial score (nSPS) is 11.3. The zero-order chi connectivity index (χ0) is 23.7. The Hall–Kier alpha value is -2.49. The number of ether oxygens (including phenoxy) is 1. The lowest BCUT2D eigenvalue weighted by atomic mass is 9.88. The van der Waals surface area contributed by atoms with E-state index in [1.54, 1.807) is 12.1 Å². The van der Waals surface area contributed by atoms with Gasteiger partial charge in [0.05, 0.1) is 0 Å². The summed E-state index contributed by atoms with van der Waals surface area (Å²) in [5.74, 6) is 0.0629. The molecule has 4 heteroatoms. The van der Waals surface area contributed by atoms with Crippen LogP contribution in [0.25, 0.3) is 0 Å². The van der Waals surface area contributed by atoms with Crippen molar-refractivity contribution in [2.45, 2.75) is 60.8 Å². The van der Waals surface area contributed by atoms with E-state index in [4.69, 9.17) is 0 Å². The number of allylic oxidation sites excluding steroid dienone is 1. The van der Waals surface area contributed by atoms with Gasteiger partial charge in [-0.15, -0.1) is 6.58 Å². The molecule has 0 aromatic heterocycles. The number of hydrogen-bond donors (Lipinski definition) is 0. The van der Waals surface area contributed by atoms with Gasteiger partial charge in [0.2, 0.25) is 0 Å². The highest BCUT2D eigenvalue weighted by atomic mass is 19.3. The van der Waals surface area contributed by atoms with Crippen LogP contribution in [0.3, 0.4) is 0 Å². The molecular weight excluding hydrogens is 397 g/mol. The summed E-state index contributed by atoms with van der Waals surface area (Å²) in [6.45, 7) is 16.8. The zero-order valence-corrected chi connectivity index (χ0v) is 19.6. The summed E-state index contributed by atoms with van der Waals surface area (Å²) in [7, 11) is 0. The van der Waals surface area contributed by atoms with Gasteiger partial charge in [0.15, 0.2) is 0 Å². The van der Waals surface area contributed by atoms with Crippen LogP contribution in [0.4, 0.5) is 13.2 Å². The van der Waals surface area contributed by atoms with Gasteiger partial charge in [-0.1, -0.05) is 84.0 Å². The first-order valence-electron chi connectivity index (χ1n) is 10.5. The fourth-order valence-electron chi connectivity index (χ4n) is 3.00. The van der Waals surface area contributed by atoms with Crippen molar-refractivity contribution in [3.63, 3.8) is 0 Å². The molecule has 2 aromatic carbocycles. The van der Waals surface area contributed by atoms with Crippen LogP contribution in [-0.4, -0.2) is 0 Å². The van der Waals surface area contributed by atoms with E-state index in [2.05, 4.69) is 77.1 Å². The Bertz CT molecular complexity index is 832. The maximum absolute atomic E-state index is 12.5. The fourth-order valence-corrected chi connectivity index (χ4v) is 3.00. The largest absolute Gasteiger partial charge is 0.428 e. The van der Waals surface area contributed by atoms with E-state index in [0.717, 1.165) is 24.8 Å². The summed E-state index contributed by atoms with van der Waals surface area (Å²) in [5.41, 5.74) is 4.33. The van der Waals surface area contributed by atoms with Crippen LogP contribution in [-0.2, 0) is 19.3 Å². The molecule has 0 fully saturated rings. The lowest BCUT2D eigenvalue weighted by Gasteiger charge is -2.18. The van der Waals surface area contributed by atoms with Crippen molar-refractivity contribution < 1.29 is 17.9 Å². The first-order chi connectivity index (χ1) is 14.3. The minimum atomic E-state index is -2.45. The quantitative estimate of drug-likeness (QED) is 0.328. The highest BCUT2D eigenvalue weighted by Gasteiger charge is 2.12. The molecule has 0 atom stereocenters. The van der Waals surface area contributed by atoms with Crippen molar-refractivity contribution in [2.24, 2.45) is 10.8 Å². The molecule has 0 amide bonds. The predicted octanol–water partition coefficient (Wildman–Crippen LogP) is 8.69. The van der Waals surface area contributed by atoms with Gasteiger partial charge >= 0.3 is 12.1 Å². The van der Waals surface area contributed by atoms with Crippen LogP contribution in [0.5, 0.6) is 5.75 Å². The summed E-state index contributed by atoms with van der Waals surface area (Å²) in [5, 5.41) is 0. The summed E-state index contributed by atoms with van der Waals surface area (Å²) in [4.78, 5) is 0. The SMILES string of the molecule is C=CCc1ccc(CC(C)(C)C)cc1.CC(C)(C)Cc1ccc(OC(F)=C(F)F)cc1. The Morgan fingerprint density at radius 1 is 0.742 bits per heavy atom. The Labute approximate surface area is 185 Å². The molecule has 0 aliphatic carbocycles. The third-order valence-electron chi connectivity index (χ3n) is 4.15. The molecule has 0 N–H and O–H groups in total. The molecule has 0 radical (unpaired) electrons. The predicted molar refractivity (Wildman–Crippen MR) is 124 cm³/mol. The van der Waals surface area contributed by atoms with Crippen LogP contribution in [0.2, 0.25) is 0 Å². The van der Waals surface area contributed by atoms with Gasteiger partial charge in [-0.05, 0) is 58.9 Å². The molecule has 0 saturated carbocycles. The minimum Gasteiger partial charge on any atom is -0.428 e. The molecule has 2 rings (SSSR count). The van der Waals surface area contributed by atoms with E-state index in [-0.39, 0.29) is 11.2 Å². The number of rotatable bonds is 6. The third-order valence-corrected chi connectivity index (χ3v) is 4.15. The van der Waals surface area contributed by atoms with Gasteiger partial charge in [0.25, 0.3) is 0 Å². The molecule has 0 aliphatic heterocycles. The van der Waals surface area contributed by atoms with Gasteiger partial charge in [-0.2, -0.15) is 13.2 Å². The van der Waals surface area contributed by atoms with Crippen LogP contribution < -0.4 is 4.74 Å². The molecule has 0 aliphatic rings. The Morgan fingerprint density at radius 2 is 1.13 bits per heavy atom. The summed E-state index contributed by atoms with van der Waals surface area (Å²) < 4.78 is 40.4. The monoisotopic (exact) mass is 432 g/mol.